The summed E-state index contributed by atoms with van der Waals surface area (Å²) in [6.45, 7) is 0. The number of carboxylic acid groups (broad SMARTS) is 2. The van der Waals surface area contributed by atoms with Gasteiger partial charge in [-0.25, -0.2) is 9.59 Å². The Labute approximate surface area is 120 Å². The van der Waals surface area contributed by atoms with Crippen LogP contribution in [-0.2, 0) is 0 Å². The Balaban J connectivity index is 2.09. The fourth-order valence-corrected chi connectivity index (χ4v) is 1.67. The van der Waals surface area contributed by atoms with Crippen LogP contribution in [0.2, 0.25) is 0 Å². The number of hydrogen-bond acceptors (Lipinski definition) is 4. The van der Waals surface area contributed by atoms with Crippen molar-refractivity contribution in [3.8, 4) is 0 Å². The van der Waals surface area contributed by atoms with Gasteiger partial charge in [-0.2, -0.15) is 5.10 Å². The van der Waals surface area contributed by atoms with E-state index in [1.54, 1.807) is 30.3 Å². The van der Waals surface area contributed by atoms with Crippen molar-refractivity contribution in [2.24, 2.45) is 5.10 Å². The molecule has 3 N–H and O–H groups in total. The molecule has 0 heterocycles. The lowest BCUT2D eigenvalue weighted by molar-refractivity contribution is 0.0686. The van der Waals surface area contributed by atoms with Crippen molar-refractivity contribution in [1.29, 1.82) is 0 Å². The van der Waals surface area contributed by atoms with E-state index in [1.165, 1.54) is 24.4 Å². The SMILES string of the molecule is O=C(O)c1ccc(N/N=C/c2ccccc2C(=O)O)cc1. The zero-order valence-corrected chi connectivity index (χ0v) is 10.9. The van der Waals surface area contributed by atoms with Crippen LogP contribution in [0.4, 0.5) is 5.69 Å². The minimum Gasteiger partial charge on any atom is -0.478 e. The van der Waals surface area contributed by atoms with Gasteiger partial charge in [0.15, 0.2) is 0 Å². The minimum absolute atomic E-state index is 0.157. The van der Waals surface area contributed by atoms with Gasteiger partial charge in [-0.05, 0) is 30.3 Å². The Bertz CT molecular complexity index is 693. The summed E-state index contributed by atoms with van der Waals surface area (Å²) in [6.07, 6.45) is 1.40. The van der Waals surface area contributed by atoms with Gasteiger partial charge in [0.2, 0.25) is 0 Å². The van der Waals surface area contributed by atoms with Crippen LogP contribution in [0.25, 0.3) is 0 Å². The number of nitrogens with one attached hydrogen (secondary N) is 1. The molecule has 0 amide bonds. The van der Waals surface area contributed by atoms with Gasteiger partial charge in [0.25, 0.3) is 0 Å². The van der Waals surface area contributed by atoms with Gasteiger partial charge in [0.05, 0.1) is 23.0 Å². The van der Waals surface area contributed by atoms with Gasteiger partial charge in [-0.3, -0.25) is 5.43 Å². The van der Waals surface area contributed by atoms with E-state index in [0.717, 1.165) is 0 Å². The average Bonchev–Trinajstić information content (AvgIpc) is 2.48. The van der Waals surface area contributed by atoms with E-state index < -0.39 is 11.9 Å². The molecule has 2 aromatic carbocycles. The maximum Gasteiger partial charge on any atom is 0.336 e. The highest BCUT2D eigenvalue weighted by Gasteiger charge is 2.06. The Kier molecular flexibility index (Phi) is 4.30. The molecule has 0 saturated heterocycles. The van der Waals surface area contributed by atoms with Gasteiger partial charge in [-0.15, -0.1) is 0 Å². The first kappa shape index (κ1) is 14.3. The fraction of sp³-hybridized carbons (Fsp3) is 0. The topological polar surface area (TPSA) is 99.0 Å². The molecule has 0 aliphatic carbocycles. The van der Waals surface area contributed by atoms with Gasteiger partial charge >= 0.3 is 11.9 Å². The van der Waals surface area contributed by atoms with Crippen LogP contribution in [-0.4, -0.2) is 28.4 Å². The van der Waals surface area contributed by atoms with Crippen LogP contribution in [0.1, 0.15) is 26.3 Å². The lowest BCUT2D eigenvalue weighted by Gasteiger charge is -2.02. The quantitative estimate of drug-likeness (QED) is 0.578. The highest BCUT2D eigenvalue weighted by atomic mass is 16.4. The molecule has 0 fully saturated rings. The number of hydrazone groups is 1. The summed E-state index contributed by atoms with van der Waals surface area (Å²) < 4.78 is 0. The molecule has 0 aromatic heterocycles. The summed E-state index contributed by atoms with van der Waals surface area (Å²) in [6, 6.07) is 12.5. The Morgan fingerprint density at radius 2 is 1.62 bits per heavy atom. The molecular weight excluding hydrogens is 272 g/mol. The van der Waals surface area contributed by atoms with Crippen molar-refractivity contribution in [1.82, 2.24) is 0 Å². The number of nitrogens with zero attached hydrogens (tertiary/aromatic N) is 1. The number of hydrogen-bond donors (Lipinski definition) is 3. The summed E-state index contributed by atoms with van der Waals surface area (Å²) in [5.41, 5.74) is 4.12. The van der Waals surface area contributed by atoms with E-state index in [1.807, 2.05) is 0 Å². The third-order valence-electron chi connectivity index (χ3n) is 2.72. The second kappa shape index (κ2) is 6.33. The zero-order valence-electron chi connectivity index (χ0n) is 10.9. The van der Waals surface area contributed by atoms with Crippen molar-refractivity contribution >= 4 is 23.8 Å². The molecule has 2 rings (SSSR count). The average molecular weight is 284 g/mol. The van der Waals surface area contributed by atoms with Crippen LogP contribution in [0.5, 0.6) is 0 Å². The van der Waals surface area contributed by atoms with Gasteiger partial charge in [-0.1, -0.05) is 18.2 Å². The Hall–Kier alpha value is -3.15. The molecule has 0 saturated carbocycles. The predicted octanol–water partition coefficient (Wildman–Crippen LogP) is 2.53. The predicted molar refractivity (Wildman–Crippen MR) is 78.0 cm³/mol. The van der Waals surface area contributed by atoms with Crippen LogP contribution in [0, 0.1) is 0 Å². The number of anilines is 1. The van der Waals surface area contributed by atoms with Crippen molar-refractivity contribution in [2.75, 3.05) is 5.43 Å². The first-order chi connectivity index (χ1) is 10.1. The van der Waals surface area contributed by atoms with Gasteiger partial charge < -0.3 is 10.2 Å². The van der Waals surface area contributed by atoms with E-state index >= 15 is 0 Å². The van der Waals surface area contributed by atoms with Crippen molar-refractivity contribution < 1.29 is 19.8 Å². The molecule has 6 nitrogen and oxygen atoms in total. The summed E-state index contributed by atoms with van der Waals surface area (Å²) in [4.78, 5) is 21.7. The maximum atomic E-state index is 11.0. The molecule has 21 heavy (non-hydrogen) atoms. The van der Waals surface area contributed by atoms with Crippen LogP contribution < -0.4 is 5.43 Å². The van der Waals surface area contributed by atoms with Crippen LogP contribution in [0.15, 0.2) is 53.6 Å². The van der Waals surface area contributed by atoms with E-state index in [2.05, 4.69) is 10.5 Å². The summed E-state index contributed by atoms with van der Waals surface area (Å²) in [5.74, 6) is -2.02. The third kappa shape index (κ3) is 3.66. The number of aromatic carboxylic acids is 2. The molecule has 0 bridgehead atoms. The molecule has 0 radical (unpaired) electrons. The van der Waals surface area contributed by atoms with Crippen LogP contribution in [0.3, 0.4) is 0 Å². The number of rotatable bonds is 5. The van der Waals surface area contributed by atoms with Crippen LogP contribution >= 0.6 is 0 Å². The van der Waals surface area contributed by atoms with E-state index in [-0.39, 0.29) is 11.1 Å². The molecule has 106 valence electrons. The summed E-state index contributed by atoms with van der Waals surface area (Å²) in [5, 5.41) is 21.7. The zero-order chi connectivity index (χ0) is 15.2. The Morgan fingerprint density at radius 3 is 2.24 bits per heavy atom. The molecule has 0 aliphatic rings. The summed E-state index contributed by atoms with van der Waals surface area (Å²) in [7, 11) is 0. The summed E-state index contributed by atoms with van der Waals surface area (Å²) >= 11 is 0. The number of carbonyl (C=O) groups is 2. The second-order valence-electron chi connectivity index (χ2n) is 4.14. The van der Waals surface area contributed by atoms with Gasteiger partial charge in [0.1, 0.15) is 0 Å². The second-order valence-corrected chi connectivity index (χ2v) is 4.14. The number of benzene rings is 2. The largest absolute Gasteiger partial charge is 0.478 e. The molecular formula is C15H12N2O4. The first-order valence-electron chi connectivity index (χ1n) is 6.02. The number of carboxylic acids is 2. The van der Waals surface area contributed by atoms with Gasteiger partial charge in [0, 0.05) is 5.56 Å². The van der Waals surface area contributed by atoms with E-state index in [9.17, 15) is 9.59 Å². The molecule has 2 aromatic rings. The molecule has 0 aliphatic heterocycles. The highest BCUT2D eigenvalue weighted by Crippen LogP contribution is 2.10. The van der Waals surface area contributed by atoms with Crippen molar-refractivity contribution in [3.05, 3.63) is 65.2 Å². The molecule has 0 spiro atoms. The fourth-order valence-electron chi connectivity index (χ4n) is 1.67. The smallest absolute Gasteiger partial charge is 0.336 e. The monoisotopic (exact) mass is 284 g/mol. The molecule has 0 atom stereocenters. The lowest BCUT2D eigenvalue weighted by Crippen LogP contribution is -2.02. The van der Waals surface area contributed by atoms with E-state index in [0.29, 0.717) is 11.3 Å². The highest BCUT2D eigenvalue weighted by molar-refractivity contribution is 5.98. The molecule has 0 unspecified atom stereocenters. The first-order valence-corrected chi connectivity index (χ1v) is 6.02. The normalized spacial score (nSPS) is 10.5. The molecule has 6 heteroatoms. The standard InChI is InChI=1S/C15H12N2O4/c18-14(19)10-5-7-12(8-6-10)17-16-9-11-3-1-2-4-13(11)15(20)21/h1-9,17H,(H,18,19)(H,20,21)/b16-9+. The Morgan fingerprint density at radius 1 is 0.952 bits per heavy atom. The van der Waals surface area contributed by atoms with Crippen molar-refractivity contribution in [3.63, 3.8) is 0 Å². The van der Waals surface area contributed by atoms with Crippen molar-refractivity contribution in [2.45, 2.75) is 0 Å². The lowest BCUT2D eigenvalue weighted by atomic mass is 10.1. The minimum atomic E-state index is -1.03. The van der Waals surface area contributed by atoms with E-state index in [4.69, 9.17) is 10.2 Å². The third-order valence-corrected chi connectivity index (χ3v) is 2.72. The maximum absolute atomic E-state index is 11.0.